The number of benzene rings is 1. The van der Waals surface area contributed by atoms with Crippen LogP contribution in [0.25, 0.3) is 0 Å². The number of rotatable bonds is 5. The topological polar surface area (TPSA) is 53.0 Å². The highest BCUT2D eigenvalue weighted by Gasteiger charge is 2.27. The summed E-state index contributed by atoms with van der Waals surface area (Å²) in [4.78, 5) is 15.1. The Morgan fingerprint density at radius 2 is 1.90 bits per heavy atom. The first kappa shape index (κ1) is 14.7. The van der Waals surface area contributed by atoms with Crippen molar-refractivity contribution in [3.63, 3.8) is 0 Å². The molecule has 1 saturated heterocycles. The first-order chi connectivity index (χ1) is 9.47. The Morgan fingerprint density at radius 1 is 1.25 bits per heavy atom. The number of likely N-dealkylation sites (N-methyl/N-ethyl adjacent to an activating group) is 1. The molecule has 20 heavy (non-hydrogen) atoms. The number of β-amino-alcohol motifs (C(OH)–C–C–N with tert-alkyl or cyclic N) is 1. The van der Waals surface area contributed by atoms with Crippen LogP contribution >= 0.6 is 0 Å². The summed E-state index contributed by atoms with van der Waals surface area (Å²) in [5.74, 6) is 0.785. The Balaban J connectivity index is 1.95. The first-order valence-electron chi connectivity index (χ1n) is 6.92. The maximum absolute atomic E-state index is 11.8. The van der Waals surface area contributed by atoms with Gasteiger partial charge in [0.25, 0.3) is 0 Å². The number of hydrogen-bond donors (Lipinski definition) is 1. The quantitative estimate of drug-likeness (QED) is 0.894. The van der Waals surface area contributed by atoms with Crippen molar-refractivity contribution in [2.75, 3.05) is 26.7 Å². The molecule has 0 radical (unpaired) electrons. The second-order valence-electron chi connectivity index (χ2n) is 5.40. The van der Waals surface area contributed by atoms with Gasteiger partial charge in [-0.25, -0.2) is 4.79 Å². The minimum Gasteiger partial charge on any atom is -0.491 e. The number of carbonyl (C=O) groups is 1. The van der Waals surface area contributed by atoms with Gasteiger partial charge in [0.1, 0.15) is 5.75 Å². The SMILES string of the molecule is CC(C)Oc1ccc(C(O)CN2CCN(C)C2=O)cc1. The standard InChI is InChI=1S/C15H22N2O3/c1-11(2)20-13-6-4-12(5-7-13)14(18)10-17-9-8-16(3)15(17)19/h4-7,11,14,18H,8-10H2,1-3H3. The molecule has 0 aromatic heterocycles. The van der Waals surface area contributed by atoms with Gasteiger partial charge in [0.05, 0.1) is 18.8 Å². The van der Waals surface area contributed by atoms with Crippen molar-refractivity contribution < 1.29 is 14.6 Å². The van der Waals surface area contributed by atoms with Gasteiger partial charge in [-0.2, -0.15) is 0 Å². The summed E-state index contributed by atoms with van der Waals surface area (Å²) in [6.07, 6.45) is -0.540. The second-order valence-corrected chi connectivity index (χ2v) is 5.40. The highest BCUT2D eigenvalue weighted by molar-refractivity contribution is 5.76. The fourth-order valence-electron chi connectivity index (χ4n) is 2.23. The van der Waals surface area contributed by atoms with E-state index in [1.807, 2.05) is 38.1 Å². The van der Waals surface area contributed by atoms with E-state index >= 15 is 0 Å². The van der Waals surface area contributed by atoms with Gasteiger partial charge >= 0.3 is 6.03 Å². The molecule has 0 spiro atoms. The van der Waals surface area contributed by atoms with Crippen molar-refractivity contribution >= 4 is 6.03 Å². The molecule has 1 N–H and O–H groups in total. The van der Waals surface area contributed by atoms with Gasteiger partial charge in [0, 0.05) is 20.1 Å². The van der Waals surface area contributed by atoms with E-state index in [4.69, 9.17) is 4.74 Å². The van der Waals surface area contributed by atoms with Crippen molar-refractivity contribution in [1.29, 1.82) is 0 Å². The molecule has 5 heteroatoms. The van der Waals surface area contributed by atoms with Crippen molar-refractivity contribution in [2.45, 2.75) is 26.1 Å². The maximum Gasteiger partial charge on any atom is 0.319 e. The molecule has 1 aromatic rings. The van der Waals surface area contributed by atoms with Crippen LogP contribution in [0.15, 0.2) is 24.3 Å². The minimum atomic E-state index is -0.668. The number of amides is 2. The summed E-state index contributed by atoms with van der Waals surface area (Å²) in [5.41, 5.74) is 0.795. The maximum atomic E-state index is 11.8. The zero-order valence-electron chi connectivity index (χ0n) is 12.2. The molecule has 1 aromatic carbocycles. The van der Waals surface area contributed by atoms with Gasteiger partial charge in [0.15, 0.2) is 0 Å². The lowest BCUT2D eigenvalue weighted by Crippen LogP contribution is -2.32. The summed E-state index contributed by atoms with van der Waals surface area (Å²) >= 11 is 0. The summed E-state index contributed by atoms with van der Waals surface area (Å²) in [6.45, 7) is 5.65. The Bertz CT molecular complexity index is 459. The predicted molar refractivity (Wildman–Crippen MR) is 76.8 cm³/mol. The normalized spacial score (nSPS) is 16.9. The molecule has 1 fully saturated rings. The molecule has 0 aliphatic carbocycles. The molecule has 0 bridgehead atoms. The Kier molecular flexibility index (Phi) is 4.49. The third-order valence-electron chi connectivity index (χ3n) is 3.33. The summed E-state index contributed by atoms with van der Waals surface area (Å²) in [7, 11) is 1.77. The average molecular weight is 278 g/mol. The van der Waals surface area contributed by atoms with Crippen LogP contribution in [0.3, 0.4) is 0 Å². The number of nitrogens with zero attached hydrogens (tertiary/aromatic N) is 2. The number of ether oxygens (including phenoxy) is 1. The molecule has 1 unspecified atom stereocenters. The van der Waals surface area contributed by atoms with Crippen LogP contribution in [-0.2, 0) is 0 Å². The van der Waals surface area contributed by atoms with Crippen LogP contribution in [0.1, 0.15) is 25.5 Å². The molecule has 1 atom stereocenters. The fourth-order valence-corrected chi connectivity index (χ4v) is 2.23. The molecule has 1 aliphatic rings. The number of aliphatic hydroxyl groups excluding tert-OH is 1. The van der Waals surface area contributed by atoms with Crippen LogP contribution in [-0.4, -0.2) is 53.7 Å². The molecular formula is C15H22N2O3. The van der Waals surface area contributed by atoms with Gasteiger partial charge in [0.2, 0.25) is 0 Å². The van der Waals surface area contributed by atoms with Crippen LogP contribution in [0.5, 0.6) is 5.75 Å². The number of carbonyl (C=O) groups excluding carboxylic acids is 1. The summed E-state index contributed by atoms with van der Waals surface area (Å²) in [5, 5.41) is 10.2. The van der Waals surface area contributed by atoms with E-state index in [1.54, 1.807) is 16.8 Å². The summed E-state index contributed by atoms with van der Waals surface area (Å²) < 4.78 is 5.56. The van der Waals surface area contributed by atoms with E-state index in [0.29, 0.717) is 19.6 Å². The minimum absolute atomic E-state index is 0.0242. The van der Waals surface area contributed by atoms with E-state index in [-0.39, 0.29) is 12.1 Å². The van der Waals surface area contributed by atoms with E-state index in [9.17, 15) is 9.90 Å². The lowest BCUT2D eigenvalue weighted by Gasteiger charge is -2.20. The molecule has 2 rings (SSSR count). The lowest BCUT2D eigenvalue weighted by atomic mass is 10.1. The van der Waals surface area contributed by atoms with E-state index < -0.39 is 6.10 Å². The van der Waals surface area contributed by atoms with Gasteiger partial charge in [-0.05, 0) is 31.5 Å². The van der Waals surface area contributed by atoms with Gasteiger partial charge < -0.3 is 19.6 Å². The van der Waals surface area contributed by atoms with Gasteiger partial charge in [-0.1, -0.05) is 12.1 Å². The highest BCUT2D eigenvalue weighted by Crippen LogP contribution is 2.20. The van der Waals surface area contributed by atoms with Crippen LogP contribution in [0, 0.1) is 0 Å². The lowest BCUT2D eigenvalue weighted by molar-refractivity contribution is 0.129. The van der Waals surface area contributed by atoms with E-state index in [1.165, 1.54) is 0 Å². The zero-order valence-corrected chi connectivity index (χ0v) is 12.2. The Morgan fingerprint density at radius 3 is 2.40 bits per heavy atom. The molecule has 1 aliphatic heterocycles. The van der Waals surface area contributed by atoms with Crippen LogP contribution in [0.4, 0.5) is 4.79 Å². The highest BCUT2D eigenvalue weighted by atomic mass is 16.5. The molecule has 2 amide bonds. The molecule has 110 valence electrons. The van der Waals surface area contributed by atoms with E-state index in [2.05, 4.69) is 0 Å². The van der Waals surface area contributed by atoms with E-state index in [0.717, 1.165) is 11.3 Å². The van der Waals surface area contributed by atoms with Crippen LogP contribution < -0.4 is 4.74 Å². The van der Waals surface area contributed by atoms with Crippen molar-refractivity contribution in [3.8, 4) is 5.75 Å². The Labute approximate surface area is 119 Å². The second kappa shape index (κ2) is 6.13. The largest absolute Gasteiger partial charge is 0.491 e. The fraction of sp³-hybridized carbons (Fsp3) is 0.533. The van der Waals surface area contributed by atoms with Crippen LogP contribution in [0.2, 0.25) is 0 Å². The Hall–Kier alpha value is -1.75. The smallest absolute Gasteiger partial charge is 0.319 e. The molecule has 0 saturated carbocycles. The van der Waals surface area contributed by atoms with Crippen molar-refractivity contribution in [1.82, 2.24) is 9.80 Å². The first-order valence-corrected chi connectivity index (χ1v) is 6.92. The number of hydrogen-bond acceptors (Lipinski definition) is 3. The summed E-state index contributed by atoms with van der Waals surface area (Å²) in [6, 6.07) is 7.34. The van der Waals surface area contributed by atoms with Gasteiger partial charge in [-0.3, -0.25) is 0 Å². The van der Waals surface area contributed by atoms with Crippen molar-refractivity contribution in [3.05, 3.63) is 29.8 Å². The molecule has 5 nitrogen and oxygen atoms in total. The van der Waals surface area contributed by atoms with Gasteiger partial charge in [-0.15, -0.1) is 0 Å². The number of urea groups is 1. The average Bonchev–Trinajstić information content (AvgIpc) is 2.71. The monoisotopic (exact) mass is 278 g/mol. The zero-order chi connectivity index (χ0) is 14.7. The molecule has 1 heterocycles. The molecular weight excluding hydrogens is 256 g/mol. The third-order valence-corrected chi connectivity index (χ3v) is 3.33. The third kappa shape index (κ3) is 3.42. The predicted octanol–water partition coefficient (Wildman–Crippen LogP) is 1.87. The number of aliphatic hydroxyl groups is 1. The van der Waals surface area contributed by atoms with Crippen molar-refractivity contribution in [2.24, 2.45) is 0 Å².